The molecule has 1 rings (SSSR count). The maximum absolute atomic E-state index is 11.6. The molecule has 0 aromatic heterocycles. The Balaban J connectivity index is 2.64. The van der Waals surface area contributed by atoms with E-state index in [4.69, 9.17) is 23.2 Å². The minimum Gasteiger partial charge on any atom is -0.388 e. The molecule has 100 valence electrons. The highest BCUT2D eigenvalue weighted by atomic mass is 35.5. The first-order valence-electron chi connectivity index (χ1n) is 5.85. The van der Waals surface area contributed by atoms with E-state index in [0.717, 1.165) is 6.42 Å². The summed E-state index contributed by atoms with van der Waals surface area (Å²) in [5.41, 5.74) is 0.548. The van der Waals surface area contributed by atoms with Gasteiger partial charge in [-0.05, 0) is 37.1 Å². The summed E-state index contributed by atoms with van der Waals surface area (Å²) in [6, 6.07) is 4.90. The zero-order valence-electron chi connectivity index (χ0n) is 10.4. The molecule has 2 unspecified atom stereocenters. The molecular weight excluding hydrogens is 273 g/mol. The lowest BCUT2D eigenvalue weighted by Gasteiger charge is -2.15. The molecule has 3 nitrogen and oxygen atoms in total. The number of carbonyl (C=O) groups is 1. The smallest absolute Gasteiger partial charge is 0.223 e. The van der Waals surface area contributed by atoms with Crippen molar-refractivity contribution in [1.29, 1.82) is 0 Å². The average molecular weight is 290 g/mol. The third kappa shape index (κ3) is 4.84. The molecule has 0 saturated carbocycles. The second-order valence-corrected chi connectivity index (χ2v) is 5.17. The van der Waals surface area contributed by atoms with Crippen LogP contribution >= 0.6 is 23.2 Å². The van der Waals surface area contributed by atoms with Crippen LogP contribution in [-0.2, 0) is 4.79 Å². The van der Waals surface area contributed by atoms with Crippen LogP contribution in [0.4, 0.5) is 0 Å². The van der Waals surface area contributed by atoms with Crippen LogP contribution in [0.25, 0.3) is 0 Å². The van der Waals surface area contributed by atoms with E-state index in [9.17, 15) is 9.90 Å². The van der Waals surface area contributed by atoms with Gasteiger partial charge in [0.1, 0.15) is 0 Å². The normalized spacial score (nSPS) is 14.1. The van der Waals surface area contributed by atoms with E-state index in [1.165, 1.54) is 0 Å². The van der Waals surface area contributed by atoms with Crippen molar-refractivity contribution in [3.8, 4) is 0 Å². The number of aliphatic hydroxyl groups is 1. The number of hydrogen-bond donors (Lipinski definition) is 2. The molecular formula is C13H17Cl2NO2. The number of carbonyl (C=O) groups excluding carboxylic acids is 1. The molecule has 0 aliphatic rings. The molecule has 0 aliphatic carbocycles. The standard InChI is InChI=1S/C13H17Cl2NO2/c1-3-8(2)16-13(18)7-12(17)9-4-10(14)6-11(15)5-9/h4-6,8,12,17H,3,7H2,1-2H3,(H,16,18). The molecule has 0 spiro atoms. The van der Waals surface area contributed by atoms with E-state index >= 15 is 0 Å². The van der Waals surface area contributed by atoms with Crippen LogP contribution in [0.5, 0.6) is 0 Å². The van der Waals surface area contributed by atoms with Gasteiger partial charge >= 0.3 is 0 Å². The predicted molar refractivity (Wildman–Crippen MR) is 73.9 cm³/mol. The molecule has 1 amide bonds. The Morgan fingerprint density at radius 1 is 1.33 bits per heavy atom. The van der Waals surface area contributed by atoms with Gasteiger partial charge in [-0.25, -0.2) is 0 Å². The summed E-state index contributed by atoms with van der Waals surface area (Å²) in [7, 11) is 0. The molecule has 2 N–H and O–H groups in total. The highest BCUT2D eigenvalue weighted by Gasteiger charge is 2.15. The SMILES string of the molecule is CCC(C)NC(=O)CC(O)c1cc(Cl)cc(Cl)c1. The minimum atomic E-state index is -0.898. The van der Waals surface area contributed by atoms with Gasteiger partial charge in [-0.1, -0.05) is 30.1 Å². The van der Waals surface area contributed by atoms with E-state index in [1.807, 2.05) is 13.8 Å². The van der Waals surface area contributed by atoms with E-state index in [-0.39, 0.29) is 18.4 Å². The zero-order chi connectivity index (χ0) is 13.7. The van der Waals surface area contributed by atoms with E-state index < -0.39 is 6.10 Å². The first-order chi connectivity index (χ1) is 8.42. The summed E-state index contributed by atoms with van der Waals surface area (Å²) in [5, 5.41) is 13.6. The summed E-state index contributed by atoms with van der Waals surface area (Å²) in [6.45, 7) is 3.90. The molecule has 18 heavy (non-hydrogen) atoms. The van der Waals surface area contributed by atoms with Gasteiger partial charge in [0, 0.05) is 16.1 Å². The lowest BCUT2D eigenvalue weighted by molar-refractivity contribution is -0.123. The van der Waals surface area contributed by atoms with Crippen molar-refractivity contribution >= 4 is 29.1 Å². The van der Waals surface area contributed by atoms with Gasteiger partial charge in [0.05, 0.1) is 12.5 Å². The zero-order valence-corrected chi connectivity index (χ0v) is 11.9. The van der Waals surface area contributed by atoms with Crippen molar-refractivity contribution in [1.82, 2.24) is 5.32 Å². The van der Waals surface area contributed by atoms with Crippen LogP contribution < -0.4 is 5.32 Å². The summed E-state index contributed by atoms with van der Waals surface area (Å²) in [6.07, 6.45) is -0.0449. The highest BCUT2D eigenvalue weighted by Crippen LogP contribution is 2.25. The van der Waals surface area contributed by atoms with Crippen LogP contribution in [0.15, 0.2) is 18.2 Å². The fourth-order valence-corrected chi connectivity index (χ4v) is 2.04. The third-order valence-electron chi connectivity index (χ3n) is 2.67. The predicted octanol–water partition coefficient (Wildman–Crippen LogP) is 3.33. The molecule has 5 heteroatoms. The molecule has 0 saturated heterocycles. The van der Waals surface area contributed by atoms with Crippen LogP contribution in [0, 0.1) is 0 Å². The molecule has 0 heterocycles. The molecule has 0 aliphatic heterocycles. The van der Waals surface area contributed by atoms with E-state index in [2.05, 4.69) is 5.32 Å². The number of hydrogen-bond acceptors (Lipinski definition) is 2. The monoisotopic (exact) mass is 289 g/mol. The summed E-state index contributed by atoms with van der Waals surface area (Å²) in [5.74, 6) is -0.187. The number of nitrogens with one attached hydrogen (secondary N) is 1. The molecule has 0 radical (unpaired) electrons. The number of halogens is 2. The van der Waals surface area contributed by atoms with Gasteiger partial charge < -0.3 is 10.4 Å². The Bertz CT molecular complexity index is 403. The third-order valence-corrected chi connectivity index (χ3v) is 3.10. The van der Waals surface area contributed by atoms with Crippen LogP contribution in [0.2, 0.25) is 10.0 Å². The van der Waals surface area contributed by atoms with Gasteiger partial charge in [-0.15, -0.1) is 0 Å². The van der Waals surface area contributed by atoms with Crippen LogP contribution in [0.1, 0.15) is 38.4 Å². The molecule has 2 atom stereocenters. The van der Waals surface area contributed by atoms with Crippen molar-refractivity contribution in [3.05, 3.63) is 33.8 Å². The number of amides is 1. The Morgan fingerprint density at radius 3 is 2.39 bits per heavy atom. The number of aliphatic hydroxyl groups excluding tert-OH is 1. The quantitative estimate of drug-likeness (QED) is 0.874. The van der Waals surface area contributed by atoms with Gasteiger partial charge in [-0.2, -0.15) is 0 Å². The maximum atomic E-state index is 11.6. The van der Waals surface area contributed by atoms with E-state index in [0.29, 0.717) is 15.6 Å². The molecule has 1 aromatic rings. The lowest BCUT2D eigenvalue weighted by atomic mass is 10.1. The van der Waals surface area contributed by atoms with Gasteiger partial charge in [-0.3, -0.25) is 4.79 Å². The first-order valence-corrected chi connectivity index (χ1v) is 6.61. The molecule has 1 aromatic carbocycles. The van der Waals surface area contributed by atoms with Crippen LogP contribution in [-0.4, -0.2) is 17.1 Å². The summed E-state index contributed by atoms with van der Waals surface area (Å²) in [4.78, 5) is 11.6. The van der Waals surface area contributed by atoms with Gasteiger partial charge in [0.25, 0.3) is 0 Å². The van der Waals surface area contributed by atoms with Crippen molar-refractivity contribution in [3.63, 3.8) is 0 Å². The Kier molecular flexibility index (Phi) is 5.93. The highest BCUT2D eigenvalue weighted by molar-refractivity contribution is 6.34. The largest absolute Gasteiger partial charge is 0.388 e. The van der Waals surface area contributed by atoms with E-state index in [1.54, 1.807) is 18.2 Å². The van der Waals surface area contributed by atoms with Crippen molar-refractivity contribution < 1.29 is 9.90 Å². The average Bonchev–Trinajstić information content (AvgIpc) is 2.27. The number of rotatable bonds is 5. The Morgan fingerprint density at radius 2 is 1.89 bits per heavy atom. The summed E-state index contributed by atoms with van der Waals surface area (Å²) >= 11 is 11.7. The maximum Gasteiger partial charge on any atom is 0.223 e. The second kappa shape index (κ2) is 6.98. The Hall–Kier alpha value is -0.770. The minimum absolute atomic E-state index is 0.00100. The van der Waals surface area contributed by atoms with Crippen molar-refractivity contribution in [2.45, 2.75) is 38.8 Å². The van der Waals surface area contributed by atoms with Gasteiger partial charge in [0.15, 0.2) is 0 Å². The fourth-order valence-electron chi connectivity index (χ4n) is 1.50. The van der Waals surface area contributed by atoms with Gasteiger partial charge in [0.2, 0.25) is 5.91 Å². The lowest BCUT2D eigenvalue weighted by Crippen LogP contribution is -2.32. The van der Waals surface area contributed by atoms with Crippen molar-refractivity contribution in [2.24, 2.45) is 0 Å². The Labute approximate surface area is 117 Å². The summed E-state index contributed by atoms with van der Waals surface area (Å²) < 4.78 is 0. The molecule has 0 fully saturated rings. The number of benzene rings is 1. The van der Waals surface area contributed by atoms with Crippen molar-refractivity contribution in [2.75, 3.05) is 0 Å². The second-order valence-electron chi connectivity index (χ2n) is 4.30. The van der Waals surface area contributed by atoms with Crippen LogP contribution in [0.3, 0.4) is 0 Å². The topological polar surface area (TPSA) is 49.3 Å². The molecule has 0 bridgehead atoms. The fraction of sp³-hybridized carbons (Fsp3) is 0.462. The first kappa shape index (κ1) is 15.3.